The molecule has 0 heterocycles. The third-order valence-corrected chi connectivity index (χ3v) is 6.02. The van der Waals surface area contributed by atoms with Crippen molar-refractivity contribution in [2.24, 2.45) is 11.1 Å². The molecular formula is C24H52BrN. The Kier molecular flexibility index (Phi) is 22.2. The minimum Gasteiger partial charge on any atom is -0.327 e. The van der Waals surface area contributed by atoms with Gasteiger partial charge in [0.2, 0.25) is 0 Å². The molecule has 1 atom stereocenters. The van der Waals surface area contributed by atoms with Gasteiger partial charge in [0.1, 0.15) is 0 Å². The molecule has 1 nitrogen and oxygen atoms in total. The molecule has 0 radical (unpaired) electrons. The van der Waals surface area contributed by atoms with Crippen molar-refractivity contribution in [3.8, 4) is 0 Å². The molecule has 160 valence electrons. The lowest BCUT2D eigenvalue weighted by Crippen LogP contribution is -2.37. The zero-order valence-electron chi connectivity index (χ0n) is 18.8. The lowest BCUT2D eigenvalue weighted by atomic mass is 9.78. The van der Waals surface area contributed by atoms with Gasteiger partial charge in [0.15, 0.2) is 0 Å². The Labute approximate surface area is 177 Å². The predicted molar refractivity (Wildman–Crippen MR) is 127 cm³/mol. The van der Waals surface area contributed by atoms with E-state index in [0.717, 1.165) is 0 Å². The molecular weight excluding hydrogens is 382 g/mol. The maximum Gasteiger partial charge on any atom is 0.00902 e. The number of hydrogen-bond donors (Lipinski definition) is 1. The third kappa shape index (κ3) is 17.8. The van der Waals surface area contributed by atoms with Gasteiger partial charge < -0.3 is 5.73 Å². The summed E-state index contributed by atoms with van der Waals surface area (Å²) in [7, 11) is 0. The van der Waals surface area contributed by atoms with E-state index in [-0.39, 0.29) is 17.0 Å². The van der Waals surface area contributed by atoms with Crippen LogP contribution in [0.25, 0.3) is 0 Å². The van der Waals surface area contributed by atoms with E-state index in [1.807, 2.05) is 0 Å². The van der Waals surface area contributed by atoms with Gasteiger partial charge in [0, 0.05) is 6.04 Å². The first-order valence-electron chi connectivity index (χ1n) is 11.8. The molecule has 0 saturated carbocycles. The van der Waals surface area contributed by atoms with Gasteiger partial charge in [0.25, 0.3) is 0 Å². The Hall–Kier alpha value is 0.440. The van der Waals surface area contributed by atoms with Gasteiger partial charge in [-0.1, -0.05) is 130 Å². The Morgan fingerprint density at radius 1 is 0.577 bits per heavy atom. The fourth-order valence-corrected chi connectivity index (χ4v) is 3.96. The van der Waals surface area contributed by atoms with Crippen molar-refractivity contribution >= 4 is 17.0 Å². The van der Waals surface area contributed by atoms with Crippen molar-refractivity contribution in [1.29, 1.82) is 0 Å². The Bertz CT molecular complexity index is 265. The van der Waals surface area contributed by atoms with Crippen LogP contribution in [0.5, 0.6) is 0 Å². The highest BCUT2D eigenvalue weighted by atomic mass is 79.9. The van der Waals surface area contributed by atoms with E-state index in [4.69, 9.17) is 5.73 Å². The standard InChI is InChI=1S/C24H51N.BrH/c1-5-7-8-9-10-11-12-13-14-15-16-17-18-19-20-21-23(25)24(3,4)22-6-2;/h23H,5-22,25H2,1-4H3;1H. The lowest BCUT2D eigenvalue weighted by Gasteiger charge is -2.31. The number of nitrogens with two attached hydrogens (primary N) is 1. The monoisotopic (exact) mass is 433 g/mol. The Balaban J connectivity index is 0. The molecule has 2 N–H and O–H groups in total. The van der Waals surface area contributed by atoms with Crippen LogP contribution in [0, 0.1) is 5.41 Å². The van der Waals surface area contributed by atoms with E-state index >= 15 is 0 Å². The van der Waals surface area contributed by atoms with Gasteiger partial charge in [-0.25, -0.2) is 0 Å². The summed E-state index contributed by atoms with van der Waals surface area (Å²) in [5, 5.41) is 0. The van der Waals surface area contributed by atoms with Crippen LogP contribution in [0.2, 0.25) is 0 Å². The smallest absolute Gasteiger partial charge is 0.00902 e. The van der Waals surface area contributed by atoms with Crippen LogP contribution in [-0.4, -0.2) is 6.04 Å². The van der Waals surface area contributed by atoms with Crippen molar-refractivity contribution in [2.45, 2.75) is 149 Å². The summed E-state index contributed by atoms with van der Waals surface area (Å²) in [6.07, 6.45) is 25.2. The molecule has 0 aliphatic rings. The van der Waals surface area contributed by atoms with Gasteiger partial charge in [0.05, 0.1) is 0 Å². The van der Waals surface area contributed by atoms with Crippen LogP contribution < -0.4 is 5.73 Å². The van der Waals surface area contributed by atoms with Gasteiger partial charge in [-0.05, 0) is 18.3 Å². The number of unbranched alkanes of at least 4 members (excludes halogenated alkanes) is 14. The molecule has 0 aromatic heterocycles. The maximum absolute atomic E-state index is 6.39. The van der Waals surface area contributed by atoms with E-state index in [2.05, 4.69) is 27.7 Å². The molecule has 1 unspecified atom stereocenters. The zero-order chi connectivity index (χ0) is 18.8. The van der Waals surface area contributed by atoms with Crippen LogP contribution in [0.4, 0.5) is 0 Å². The van der Waals surface area contributed by atoms with Crippen LogP contribution >= 0.6 is 17.0 Å². The summed E-state index contributed by atoms with van der Waals surface area (Å²) in [6, 6.07) is 0.384. The SMILES string of the molecule is Br.CCCCCCCCCCCCCCCCCC(N)C(C)(C)CCC. The van der Waals surface area contributed by atoms with Crippen LogP contribution in [0.3, 0.4) is 0 Å². The van der Waals surface area contributed by atoms with E-state index < -0.39 is 0 Å². The summed E-state index contributed by atoms with van der Waals surface area (Å²) >= 11 is 0. The molecule has 0 rings (SSSR count). The molecule has 0 spiro atoms. The zero-order valence-corrected chi connectivity index (χ0v) is 20.5. The largest absolute Gasteiger partial charge is 0.327 e. The summed E-state index contributed by atoms with van der Waals surface area (Å²) < 4.78 is 0. The summed E-state index contributed by atoms with van der Waals surface area (Å²) in [6.45, 7) is 9.24. The van der Waals surface area contributed by atoms with E-state index in [1.54, 1.807) is 0 Å². The fraction of sp³-hybridized carbons (Fsp3) is 1.00. The highest BCUT2D eigenvalue weighted by Gasteiger charge is 2.24. The van der Waals surface area contributed by atoms with Crippen molar-refractivity contribution in [1.82, 2.24) is 0 Å². The number of halogens is 1. The second-order valence-electron chi connectivity index (χ2n) is 9.08. The van der Waals surface area contributed by atoms with Crippen molar-refractivity contribution in [3.05, 3.63) is 0 Å². The molecule has 0 aromatic rings. The normalized spacial score (nSPS) is 12.8. The minimum atomic E-state index is 0. The summed E-state index contributed by atoms with van der Waals surface area (Å²) in [4.78, 5) is 0. The maximum atomic E-state index is 6.39. The number of rotatable bonds is 19. The second kappa shape index (κ2) is 20.2. The molecule has 0 saturated heterocycles. The average Bonchev–Trinajstić information content (AvgIpc) is 2.58. The lowest BCUT2D eigenvalue weighted by molar-refractivity contribution is 0.244. The first-order chi connectivity index (χ1) is 12.0. The van der Waals surface area contributed by atoms with Gasteiger partial charge in [-0.15, -0.1) is 17.0 Å². The first-order valence-corrected chi connectivity index (χ1v) is 11.8. The van der Waals surface area contributed by atoms with Gasteiger partial charge in [-0.3, -0.25) is 0 Å². The van der Waals surface area contributed by atoms with E-state index in [0.29, 0.717) is 11.5 Å². The van der Waals surface area contributed by atoms with Gasteiger partial charge >= 0.3 is 0 Å². The van der Waals surface area contributed by atoms with Crippen LogP contribution in [0.15, 0.2) is 0 Å². The summed E-state index contributed by atoms with van der Waals surface area (Å²) in [5.41, 5.74) is 6.72. The predicted octanol–water partition coefficient (Wildman–Crippen LogP) is 8.98. The highest BCUT2D eigenvalue weighted by Crippen LogP contribution is 2.28. The molecule has 0 bridgehead atoms. The molecule has 0 fully saturated rings. The molecule has 0 aliphatic heterocycles. The molecule has 0 amide bonds. The Morgan fingerprint density at radius 3 is 1.27 bits per heavy atom. The van der Waals surface area contributed by atoms with Crippen molar-refractivity contribution < 1.29 is 0 Å². The van der Waals surface area contributed by atoms with Gasteiger partial charge in [-0.2, -0.15) is 0 Å². The fourth-order valence-electron chi connectivity index (χ4n) is 3.96. The Morgan fingerprint density at radius 2 is 0.923 bits per heavy atom. The van der Waals surface area contributed by atoms with Crippen molar-refractivity contribution in [3.63, 3.8) is 0 Å². The number of hydrogen-bond acceptors (Lipinski definition) is 1. The van der Waals surface area contributed by atoms with E-state index in [9.17, 15) is 0 Å². The molecule has 2 heteroatoms. The molecule has 0 aliphatic carbocycles. The van der Waals surface area contributed by atoms with Crippen LogP contribution in [-0.2, 0) is 0 Å². The topological polar surface area (TPSA) is 26.0 Å². The second-order valence-corrected chi connectivity index (χ2v) is 9.08. The van der Waals surface area contributed by atoms with Crippen LogP contribution in [0.1, 0.15) is 143 Å². The van der Waals surface area contributed by atoms with E-state index in [1.165, 1.54) is 116 Å². The van der Waals surface area contributed by atoms with Crippen molar-refractivity contribution in [2.75, 3.05) is 0 Å². The molecule has 26 heavy (non-hydrogen) atoms. The highest BCUT2D eigenvalue weighted by molar-refractivity contribution is 8.93. The average molecular weight is 435 g/mol. The third-order valence-electron chi connectivity index (χ3n) is 6.02. The quantitative estimate of drug-likeness (QED) is 0.202. The minimum absolute atomic E-state index is 0. The summed E-state index contributed by atoms with van der Waals surface area (Å²) in [5.74, 6) is 0. The first kappa shape index (κ1) is 28.6. The molecule has 0 aromatic carbocycles.